The van der Waals surface area contributed by atoms with Gasteiger partial charge in [0.25, 0.3) is 5.91 Å². The molecule has 0 heterocycles. The Kier molecular flexibility index (Phi) is 5.35. The number of nitrogens with two attached hydrogens (primary N) is 2. The van der Waals surface area contributed by atoms with E-state index in [-0.39, 0.29) is 18.0 Å². The second-order valence-corrected chi connectivity index (χ2v) is 5.51. The highest BCUT2D eigenvalue weighted by Gasteiger charge is 2.17. The van der Waals surface area contributed by atoms with Gasteiger partial charge in [0.2, 0.25) is 0 Å². The van der Waals surface area contributed by atoms with Crippen molar-refractivity contribution in [2.75, 3.05) is 0 Å². The number of rotatable bonds is 6. The normalized spacial score (nSPS) is 14.5. The van der Waals surface area contributed by atoms with Crippen molar-refractivity contribution >= 4 is 5.91 Å². The van der Waals surface area contributed by atoms with Crippen molar-refractivity contribution in [1.29, 1.82) is 0 Å². The molecule has 0 spiro atoms. The highest BCUT2D eigenvalue weighted by atomic mass is 16.1. The lowest BCUT2D eigenvalue weighted by Gasteiger charge is -2.15. The topological polar surface area (TPSA) is 59.7 Å². The molecule has 0 unspecified atom stereocenters. The first-order valence-electron chi connectivity index (χ1n) is 6.63. The van der Waals surface area contributed by atoms with E-state index in [0.717, 1.165) is 6.42 Å². The summed E-state index contributed by atoms with van der Waals surface area (Å²) in [5, 5.41) is 2.00. The number of hydrogen-bond donors (Lipinski definition) is 2. The van der Waals surface area contributed by atoms with Crippen LogP contribution >= 0.6 is 0 Å². The van der Waals surface area contributed by atoms with E-state index in [1.165, 1.54) is 11.1 Å². The van der Waals surface area contributed by atoms with Crippen LogP contribution in [0.25, 0.3) is 0 Å². The molecule has 0 aliphatic carbocycles. The lowest BCUT2D eigenvalue weighted by molar-refractivity contribution is -0.710. The summed E-state index contributed by atoms with van der Waals surface area (Å²) in [6.07, 6.45) is 1.11. The number of benzene rings is 1. The molecule has 100 valence electrons. The van der Waals surface area contributed by atoms with Crippen molar-refractivity contribution in [3.05, 3.63) is 35.4 Å². The summed E-state index contributed by atoms with van der Waals surface area (Å²) >= 11 is 0. The molecule has 1 rings (SSSR count). The van der Waals surface area contributed by atoms with Crippen LogP contribution in [0.4, 0.5) is 0 Å². The average molecular weight is 249 g/mol. The molecule has 1 aromatic carbocycles. The van der Waals surface area contributed by atoms with E-state index in [2.05, 4.69) is 45.0 Å². The molecule has 4 N–H and O–H groups in total. The maximum Gasteiger partial charge on any atom is 0.275 e. The minimum atomic E-state index is -0.265. The maximum absolute atomic E-state index is 11.0. The van der Waals surface area contributed by atoms with E-state index in [9.17, 15) is 4.79 Å². The quantitative estimate of drug-likeness (QED) is 0.786. The number of amides is 1. The third kappa shape index (κ3) is 4.49. The minimum absolute atomic E-state index is 0.185. The first-order chi connectivity index (χ1) is 8.40. The molecule has 3 nitrogen and oxygen atoms in total. The van der Waals surface area contributed by atoms with Crippen LogP contribution < -0.4 is 11.1 Å². The Bertz CT molecular complexity index is 384. The third-order valence-corrected chi connectivity index (χ3v) is 3.18. The molecule has 0 radical (unpaired) electrons. The van der Waals surface area contributed by atoms with E-state index in [1.807, 2.05) is 12.2 Å². The molecule has 0 aliphatic heterocycles. The van der Waals surface area contributed by atoms with Crippen molar-refractivity contribution in [2.45, 2.75) is 46.2 Å². The molecular weight excluding hydrogens is 224 g/mol. The van der Waals surface area contributed by atoms with Crippen LogP contribution in [-0.4, -0.2) is 11.9 Å². The molecule has 0 fully saturated rings. The van der Waals surface area contributed by atoms with Crippen LogP contribution in [0.5, 0.6) is 0 Å². The first kappa shape index (κ1) is 14.7. The van der Waals surface area contributed by atoms with Gasteiger partial charge in [-0.3, -0.25) is 4.79 Å². The van der Waals surface area contributed by atoms with Gasteiger partial charge in [0.15, 0.2) is 6.04 Å². The van der Waals surface area contributed by atoms with E-state index in [0.29, 0.717) is 5.92 Å². The molecule has 0 saturated heterocycles. The first-order valence-corrected chi connectivity index (χ1v) is 6.63. The minimum Gasteiger partial charge on any atom is -0.365 e. The smallest absolute Gasteiger partial charge is 0.275 e. The van der Waals surface area contributed by atoms with Gasteiger partial charge >= 0.3 is 0 Å². The summed E-state index contributed by atoms with van der Waals surface area (Å²) in [6, 6.07) is 8.71. The predicted octanol–water partition coefficient (Wildman–Crippen LogP) is 1.38. The SMILES string of the molecule is CC(C)Cc1ccc([C@@H](C)[NH2+][C@@H](C)C(N)=O)cc1. The van der Waals surface area contributed by atoms with Gasteiger partial charge < -0.3 is 11.1 Å². The zero-order valence-corrected chi connectivity index (χ0v) is 11.8. The van der Waals surface area contributed by atoms with Crippen molar-refractivity contribution in [3.63, 3.8) is 0 Å². The van der Waals surface area contributed by atoms with E-state index < -0.39 is 0 Å². The zero-order valence-electron chi connectivity index (χ0n) is 11.8. The van der Waals surface area contributed by atoms with Crippen LogP contribution in [0.3, 0.4) is 0 Å². The summed E-state index contributed by atoms with van der Waals surface area (Å²) in [5.41, 5.74) is 7.87. The maximum atomic E-state index is 11.0. The Morgan fingerprint density at radius 1 is 1.17 bits per heavy atom. The highest BCUT2D eigenvalue weighted by Crippen LogP contribution is 2.13. The number of carbonyl (C=O) groups excluding carboxylic acids is 1. The largest absolute Gasteiger partial charge is 0.365 e. The van der Waals surface area contributed by atoms with Gasteiger partial charge in [-0.05, 0) is 31.7 Å². The second kappa shape index (κ2) is 6.55. The van der Waals surface area contributed by atoms with Crippen molar-refractivity contribution < 1.29 is 10.1 Å². The summed E-state index contributed by atoms with van der Waals surface area (Å²) in [7, 11) is 0. The molecule has 0 saturated carbocycles. The van der Waals surface area contributed by atoms with E-state index in [1.54, 1.807) is 0 Å². The van der Waals surface area contributed by atoms with Gasteiger partial charge in [0.05, 0.1) is 0 Å². The van der Waals surface area contributed by atoms with Gasteiger partial charge in [-0.1, -0.05) is 38.1 Å². The number of quaternary nitrogens is 1. The predicted molar refractivity (Wildman–Crippen MR) is 74.0 cm³/mol. The van der Waals surface area contributed by atoms with Crippen LogP contribution in [0.1, 0.15) is 44.9 Å². The van der Waals surface area contributed by atoms with Crippen LogP contribution in [0.2, 0.25) is 0 Å². The molecular formula is C15H25N2O+. The van der Waals surface area contributed by atoms with Crippen molar-refractivity contribution in [1.82, 2.24) is 0 Å². The molecule has 0 aliphatic rings. The van der Waals surface area contributed by atoms with Gasteiger partial charge in [-0.15, -0.1) is 0 Å². The lowest BCUT2D eigenvalue weighted by atomic mass is 9.99. The third-order valence-electron chi connectivity index (χ3n) is 3.18. The van der Waals surface area contributed by atoms with Gasteiger partial charge in [0, 0.05) is 5.56 Å². The number of hydrogen-bond acceptors (Lipinski definition) is 1. The fourth-order valence-electron chi connectivity index (χ4n) is 2.07. The fourth-order valence-corrected chi connectivity index (χ4v) is 2.07. The summed E-state index contributed by atoms with van der Waals surface area (Å²) < 4.78 is 0. The molecule has 0 bridgehead atoms. The van der Waals surface area contributed by atoms with E-state index in [4.69, 9.17) is 5.73 Å². The van der Waals surface area contributed by atoms with Crippen LogP contribution in [-0.2, 0) is 11.2 Å². The van der Waals surface area contributed by atoms with Crippen molar-refractivity contribution in [3.8, 4) is 0 Å². The number of carbonyl (C=O) groups is 1. The van der Waals surface area contributed by atoms with Gasteiger partial charge in [-0.25, -0.2) is 0 Å². The monoisotopic (exact) mass is 249 g/mol. The Morgan fingerprint density at radius 3 is 2.17 bits per heavy atom. The molecule has 0 aromatic heterocycles. The average Bonchev–Trinajstić information content (AvgIpc) is 2.28. The Balaban J connectivity index is 2.64. The fraction of sp³-hybridized carbons (Fsp3) is 0.533. The standard InChI is InChI=1S/C15H24N2O/c1-10(2)9-13-5-7-14(8-6-13)11(3)17-12(4)15(16)18/h5-8,10-12,17H,9H2,1-4H3,(H2,16,18)/p+1/t11-,12+/m1/s1. The number of primary amides is 1. The zero-order chi connectivity index (χ0) is 13.7. The Morgan fingerprint density at radius 2 is 1.72 bits per heavy atom. The van der Waals surface area contributed by atoms with E-state index >= 15 is 0 Å². The van der Waals surface area contributed by atoms with Crippen LogP contribution in [0, 0.1) is 5.92 Å². The molecule has 2 atom stereocenters. The van der Waals surface area contributed by atoms with Crippen molar-refractivity contribution in [2.24, 2.45) is 11.7 Å². The van der Waals surface area contributed by atoms with Gasteiger partial charge in [-0.2, -0.15) is 0 Å². The highest BCUT2D eigenvalue weighted by molar-refractivity contribution is 5.77. The summed E-state index contributed by atoms with van der Waals surface area (Å²) in [6.45, 7) is 8.38. The van der Waals surface area contributed by atoms with Crippen LogP contribution in [0.15, 0.2) is 24.3 Å². The molecule has 1 amide bonds. The Hall–Kier alpha value is -1.35. The molecule has 1 aromatic rings. The molecule has 18 heavy (non-hydrogen) atoms. The molecule has 3 heteroatoms. The summed E-state index contributed by atoms with van der Waals surface area (Å²) in [5.74, 6) is 0.410. The van der Waals surface area contributed by atoms with Gasteiger partial charge in [0.1, 0.15) is 6.04 Å². The second-order valence-electron chi connectivity index (χ2n) is 5.51. The Labute approximate surface area is 110 Å². The summed E-state index contributed by atoms with van der Waals surface area (Å²) in [4.78, 5) is 11.0. The lowest BCUT2D eigenvalue weighted by Crippen LogP contribution is -2.92.